The highest BCUT2D eigenvalue weighted by Crippen LogP contribution is 2.37. The van der Waals surface area contributed by atoms with Crippen molar-refractivity contribution in [2.24, 2.45) is 17.6 Å². The molecule has 4 rings (SSSR count). The maximum absolute atomic E-state index is 11.1. The van der Waals surface area contributed by atoms with E-state index in [1.54, 1.807) is 6.07 Å². The van der Waals surface area contributed by atoms with Crippen LogP contribution in [0.25, 0.3) is 0 Å². The molecule has 2 heterocycles. The van der Waals surface area contributed by atoms with Crippen molar-refractivity contribution in [3.8, 4) is 0 Å². The van der Waals surface area contributed by atoms with E-state index in [4.69, 9.17) is 40.5 Å². The van der Waals surface area contributed by atoms with Crippen LogP contribution < -0.4 is 16.0 Å². The molecule has 5 nitrogen and oxygen atoms in total. The minimum absolute atomic E-state index is 0.00732. The summed E-state index contributed by atoms with van der Waals surface area (Å²) < 4.78 is 0. The van der Waals surface area contributed by atoms with Gasteiger partial charge in [-0.1, -0.05) is 40.9 Å². The number of carbonyl (C=O) groups excluding carboxylic acids is 1. The predicted octanol–water partition coefficient (Wildman–Crippen LogP) is 6.62. The Labute approximate surface area is 223 Å². The van der Waals surface area contributed by atoms with Crippen LogP contribution in [0.15, 0.2) is 36.4 Å². The van der Waals surface area contributed by atoms with Crippen LogP contribution >= 0.6 is 34.8 Å². The van der Waals surface area contributed by atoms with E-state index in [9.17, 15) is 4.79 Å². The number of amides is 1. The molecule has 1 atom stereocenters. The molecule has 3 N–H and O–H groups in total. The number of hydrogen-bond acceptors (Lipinski definition) is 4. The van der Waals surface area contributed by atoms with Crippen LogP contribution in [-0.2, 0) is 4.79 Å². The van der Waals surface area contributed by atoms with E-state index in [2.05, 4.69) is 34.2 Å². The normalized spacial score (nSPS) is 19.0. The summed E-state index contributed by atoms with van der Waals surface area (Å²) in [4.78, 5) is 15.9. The minimum atomic E-state index is -0.205. The van der Waals surface area contributed by atoms with Crippen molar-refractivity contribution in [1.82, 2.24) is 4.90 Å². The molecule has 2 fully saturated rings. The van der Waals surface area contributed by atoms with Crippen LogP contribution in [0, 0.1) is 11.8 Å². The zero-order chi connectivity index (χ0) is 24.9. The Morgan fingerprint density at radius 1 is 0.971 bits per heavy atom. The van der Waals surface area contributed by atoms with Gasteiger partial charge in [-0.15, -0.1) is 0 Å². The van der Waals surface area contributed by atoms with E-state index >= 15 is 0 Å². The molecule has 2 aliphatic rings. The summed E-state index contributed by atoms with van der Waals surface area (Å²) in [6, 6.07) is 11.8. The average Bonchev–Trinajstić information content (AvgIpc) is 2.84. The third kappa shape index (κ3) is 6.97. The fourth-order valence-electron chi connectivity index (χ4n) is 5.53. The number of benzene rings is 2. The monoisotopic (exact) mass is 536 g/mol. The number of piperidine rings is 2. The lowest BCUT2D eigenvalue weighted by Gasteiger charge is -2.41. The van der Waals surface area contributed by atoms with Crippen molar-refractivity contribution in [3.05, 3.63) is 57.0 Å². The molecule has 35 heavy (non-hydrogen) atoms. The zero-order valence-electron chi connectivity index (χ0n) is 20.3. The molecule has 0 saturated carbocycles. The number of likely N-dealkylation sites (tertiary alicyclic amines) is 1. The van der Waals surface area contributed by atoms with Gasteiger partial charge in [-0.2, -0.15) is 0 Å². The van der Waals surface area contributed by atoms with Crippen LogP contribution in [0.4, 0.5) is 11.4 Å². The number of nitrogens with one attached hydrogen (secondary N) is 1. The van der Waals surface area contributed by atoms with Crippen LogP contribution in [0.3, 0.4) is 0 Å². The number of halogens is 3. The highest BCUT2D eigenvalue weighted by atomic mass is 35.5. The van der Waals surface area contributed by atoms with Gasteiger partial charge in [0, 0.05) is 41.8 Å². The van der Waals surface area contributed by atoms with Gasteiger partial charge in [0.15, 0.2) is 0 Å². The third-order valence-corrected chi connectivity index (χ3v) is 8.52. The quantitative estimate of drug-likeness (QED) is 0.397. The largest absolute Gasteiger partial charge is 0.377 e. The smallest absolute Gasteiger partial charge is 0.218 e. The summed E-state index contributed by atoms with van der Waals surface area (Å²) in [6.45, 7) is 7.16. The molecule has 2 aliphatic heterocycles. The molecule has 0 radical (unpaired) electrons. The van der Waals surface area contributed by atoms with E-state index in [0.717, 1.165) is 55.8 Å². The molecule has 0 aromatic heterocycles. The second-order valence-corrected chi connectivity index (χ2v) is 11.2. The van der Waals surface area contributed by atoms with Gasteiger partial charge < -0.3 is 20.9 Å². The van der Waals surface area contributed by atoms with Gasteiger partial charge in [0.05, 0.1) is 16.8 Å². The Morgan fingerprint density at radius 2 is 1.63 bits per heavy atom. The van der Waals surface area contributed by atoms with Crippen molar-refractivity contribution in [3.63, 3.8) is 0 Å². The number of rotatable bonds is 8. The van der Waals surface area contributed by atoms with E-state index < -0.39 is 0 Å². The number of nitrogens with zero attached hydrogens (tertiary/aromatic N) is 2. The van der Waals surface area contributed by atoms with E-state index in [0.29, 0.717) is 21.5 Å². The van der Waals surface area contributed by atoms with Crippen molar-refractivity contribution in [1.29, 1.82) is 0 Å². The lowest BCUT2D eigenvalue weighted by Crippen LogP contribution is -2.41. The van der Waals surface area contributed by atoms with E-state index in [-0.39, 0.29) is 11.9 Å². The highest BCUT2D eigenvalue weighted by Gasteiger charge is 2.30. The first kappa shape index (κ1) is 26.4. The fraction of sp³-hybridized carbons (Fsp3) is 0.519. The summed E-state index contributed by atoms with van der Waals surface area (Å²) in [5, 5.41) is 5.50. The second kappa shape index (κ2) is 12.1. The number of primary amides is 1. The van der Waals surface area contributed by atoms with Crippen LogP contribution in [0.1, 0.15) is 50.6 Å². The summed E-state index contributed by atoms with van der Waals surface area (Å²) in [7, 11) is 0. The summed E-state index contributed by atoms with van der Waals surface area (Å²) >= 11 is 19.0. The van der Waals surface area contributed by atoms with Crippen molar-refractivity contribution in [2.75, 3.05) is 42.9 Å². The third-order valence-electron chi connectivity index (χ3n) is 7.63. The van der Waals surface area contributed by atoms with Gasteiger partial charge in [-0.05, 0) is 93.4 Å². The number of carbonyl (C=O) groups is 1. The van der Waals surface area contributed by atoms with E-state index in [1.807, 2.05) is 18.2 Å². The molecule has 0 aliphatic carbocycles. The standard InChI is InChI=1S/C27H35Cl3N4O/c1-18(23-4-2-21(28)16-25(23)30)32-26-17-22(3-5-24(26)29)34-14-8-20(9-15-34)19-6-11-33(12-7-19)13-10-27(31)35/h2-5,16-20,32H,6-15H2,1H3,(H2,31,35). The van der Waals surface area contributed by atoms with Gasteiger partial charge in [0.25, 0.3) is 0 Å². The lowest BCUT2D eigenvalue weighted by atomic mass is 9.78. The first-order chi connectivity index (χ1) is 16.8. The molecule has 190 valence electrons. The fourth-order valence-corrected chi connectivity index (χ4v) is 6.27. The Bertz CT molecular complexity index is 1020. The summed E-state index contributed by atoms with van der Waals surface area (Å²) in [5.41, 5.74) is 8.40. The van der Waals surface area contributed by atoms with Crippen molar-refractivity contribution < 1.29 is 4.79 Å². The van der Waals surface area contributed by atoms with Crippen molar-refractivity contribution >= 4 is 52.1 Å². The number of anilines is 2. The maximum Gasteiger partial charge on any atom is 0.218 e. The Morgan fingerprint density at radius 3 is 2.26 bits per heavy atom. The number of hydrogen-bond donors (Lipinski definition) is 2. The molecule has 0 bridgehead atoms. The second-order valence-electron chi connectivity index (χ2n) is 9.92. The molecule has 1 amide bonds. The first-order valence-corrected chi connectivity index (χ1v) is 13.7. The molecular formula is C27H35Cl3N4O. The van der Waals surface area contributed by atoms with Gasteiger partial charge in [-0.25, -0.2) is 0 Å². The predicted molar refractivity (Wildman–Crippen MR) is 148 cm³/mol. The van der Waals surface area contributed by atoms with Gasteiger partial charge in [0.2, 0.25) is 5.91 Å². The number of nitrogens with two attached hydrogens (primary N) is 1. The lowest BCUT2D eigenvalue weighted by molar-refractivity contribution is -0.118. The molecule has 1 unspecified atom stereocenters. The Balaban J connectivity index is 1.31. The van der Waals surface area contributed by atoms with Crippen LogP contribution in [0.2, 0.25) is 15.1 Å². The van der Waals surface area contributed by atoms with Gasteiger partial charge >= 0.3 is 0 Å². The van der Waals surface area contributed by atoms with Gasteiger partial charge in [0.1, 0.15) is 0 Å². The minimum Gasteiger partial charge on any atom is -0.377 e. The highest BCUT2D eigenvalue weighted by molar-refractivity contribution is 6.35. The van der Waals surface area contributed by atoms with Gasteiger partial charge in [-0.3, -0.25) is 4.79 Å². The summed E-state index contributed by atoms with van der Waals surface area (Å²) in [6.07, 6.45) is 5.35. The molecule has 8 heteroatoms. The Hall–Kier alpha value is -1.66. The summed E-state index contributed by atoms with van der Waals surface area (Å²) in [5.74, 6) is 1.36. The topological polar surface area (TPSA) is 61.6 Å². The van der Waals surface area contributed by atoms with Crippen LogP contribution in [-0.4, -0.2) is 43.5 Å². The first-order valence-electron chi connectivity index (χ1n) is 12.6. The maximum atomic E-state index is 11.1. The van der Waals surface area contributed by atoms with Crippen LogP contribution in [0.5, 0.6) is 0 Å². The SMILES string of the molecule is CC(Nc1cc(N2CCC(C3CCN(CCC(N)=O)CC3)CC2)ccc1Cl)c1ccc(Cl)cc1Cl. The molecule has 0 spiro atoms. The zero-order valence-corrected chi connectivity index (χ0v) is 22.5. The molecule has 2 saturated heterocycles. The van der Waals surface area contributed by atoms with E-state index in [1.165, 1.54) is 31.4 Å². The Kier molecular flexibility index (Phi) is 9.09. The molecule has 2 aromatic rings. The average molecular weight is 538 g/mol. The molecular weight excluding hydrogens is 503 g/mol. The molecule has 2 aromatic carbocycles. The van der Waals surface area contributed by atoms with Crippen molar-refractivity contribution in [2.45, 2.75) is 45.1 Å².